The Labute approximate surface area is 119 Å². The molecule has 1 atom stereocenters. The van der Waals surface area contributed by atoms with E-state index in [2.05, 4.69) is 11.8 Å². The summed E-state index contributed by atoms with van der Waals surface area (Å²) in [5.41, 5.74) is 0.729. The lowest BCUT2D eigenvalue weighted by molar-refractivity contribution is -0.144. The van der Waals surface area contributed by atoms with Gasteiger partial charge in [0, 0.05) is 31.7 Å². The smallest absolute Gasteiger partial charge is 0.325 e. The maximum absolute atomic E-state index is 11.7. The van der Waals surface area contributed by atoms with Crippen LogP contribution in [0.5, 0.6) is 5.75 Å². The van der Waals surface area contributed by atoms with Gasteiger partial charge < -0.3 is 14.7 Å². The Bertz CT molecular complexity index is 456. The van der Waals surface area contributed by atoms with Crippen LogP contribution in [0.1, 0.15) is 18.5 Å². The van der Waals surface area contributed by atoms with Crippen molar-refractivity contribution in [1.29, 1.82) is 0 Å². The third-order valence-electron chi connectivity index (χ3n) is 3.89. The van der Waals surface area contributed by atoms with Crippen molar-refractivity contribution in [3.05, 3.63) is 29.8 Å². The predicted molar refractivity (Wildman–Crippen MR) is 77.1 cm³/mol. The van der Waals surface area contributed by atoms with Crippen LogP contribution >= 0.6 is 0 Å². The van der Waals surface area contributed by atoms with Gasteiger partial charge in [-0.2, -0.15) is 0 Å². The second-order valence-corrected chi connectivity index (χ2v) is 4.95. The number of nitrogens with zero attached hydrogens (tertiary/aromatic N) is 2. The molecule has 0 radical (unpaired) electrons. The minimum absolute atomic E-state index is 0.634. The molecular weight excluding hydrogens is 256 g/mol. The molecule has 1 N–H and O–H groups in total. The molecule has 20 heavy (non-hydrogen) atoms. The molecule has 1 fully saturated rings. The summed E-state index contributed by atoms with van der Waals surface area (Å²) in [7, 11) is 1.58. The van der Waals surface area contributed by atoms with E-state index in [1.54, 1.807) is 7.11 Å². The first kappa shape index (κ1) is 14.8. The zero-order chi connectivity index (χ0) is 14.5. The van der Waals surface area contributed by atoms with Gasteiger partial charge in [0.25, 0.3) is 0 Å². The molecule has 1 saturated heterocycles. The summed E-state index contributed by atoms with van der Waals surface area (Å²) in [6.45, 7) is 6.50. The molecule has 0 aromatic heterocycles. The SMILES string of the molecule is CCN1CCN(C(C(=O)O)c2ccccc2OC)CC1. The molecule has 1 aromatic rings. The highest BCUT2D eigenvalue weighted by atomic mass is 16.5. The molecule has 1 aromatic carbocycles. The van der Waals surface area contributed by atoms with Crippen molar-refractivity contribution >= 4 is 5.97 Å². The van der Waals surface area contributed by atoms with Crippen LogP contribution in [0.2, 0.25) is 0 Å². The van der Waals surface area contributed by atoms with Crippen LogP contribution in [0.25, 0.3) is 0 Å². The highest BCUT2D eigenvalue weighted by Gasteiger charge is 2.31. The Morgan fingerprint density at radius 3 is 2.50 bits per heavy atom. The van der Waals surface area contributed by atoms with Crippen LogP contribution in [0, 0.1) is 0 Å². The van der Waals surface area contributed by atoms with E-state index in [4.69, 9.17) is 4.74 Å². The highest BCUT2D eigenvalue weighted by molar-refractivity contribution is 5.76. The van der Waals surface area contributed by atoms with Crippen molar-refractivity contribution in [3.8, 4) is 5.75 Å². The average Bonchev–Trinajstić information content (AvgIpc) is 2.48. The van der Waals surface area contributed by atoms with E-state index in [1.165, 1.54) is 0 Å². The Hall–Kier alpha value is -1.59. The van der Waals surface area contributed by atoms with E-state index in [-0.39, 0.29) is 0 Å². The lowest BCUT2D eigenvalue weighted by atomic mass is 10.0. The van der Waals surface area contributed by atoms with E-state index >= 15 is 0 Å². The molecule has 5 nitrogen and oxygen atoms in total. The van der Waals surface area contributed by atoms with Crippen LogP contribution in [0.4, 0.5) is 0 Å². The quantitative estimate of drug-likeness (QED) is 0.883. The maximum atomic E-state index is 11.7. The summed E-state index contributed by atoms with van der Waals surface area (Å²) in [6.07, 6.45) is 0. The van der Waals surface area contributed by atoms with Crippen LogP contribution < -0.4 is 4.74 Å². The first-order chi connectivity index (χ1) is 9.67. The Morgan fingerprint density at radius 2 is 1.95 bits per heavy atom. The number of piperazine rings is 1. The number of hydrogen-bond acceptors (Lipinski definition) is 4. The van der Waals surface area contributed by atoms with Gasteiger partial charge in [-0.1, -0.05) is 25.1 Å². The Morgan fingerprint density at radius 1 is 1.30 bits per heavy atom. The second kappa shape index (κ2) is 6.72. The first-order valence-corrected chi connectivity index (χ1v) is 6.99. The van der Waals surface area contributed by atoms with E-state index < -0.39 is 12.0 Å². The lowest BCUT2D eigenvalue weighted by Crippen LogP contribution is -2.49. The van der Waals surface area contributed by atoms with E-state index in [9.17, 15) is 9.90 Å². The summed E-state index contributed by atoms with van der Waals surface area (Å²) in [5.74, 6) is -0.183. The minimum Gasteiger partial charge on any atom is -0.496 e. The van der Waals surface area contributed by atoms with Gasteiger partial charge in [0.05, 0.1) is 7.11 Å². The number of hydrogen-bond donors (Lipinski definition) is 1. The Balaban J connectivity index is 2.22. The number of methoxy groups -OCH3 is 1. The number of carboxylic acid groups (broad SMARTS) is 1. The number of likely N-dealkylation sites (N-methyl/N-ethyl adjacent to an activating group) is 1. The molecule has 0 amide bonds. The number of para-hydroxylation sites is 1. The standard InChI is InChI=1S/C15H22N2O3/c1-3-16-8-10-17(11-9-16)14(15(18)19)12-6-4-5-7-13(12)20-2/h4-7,14H,3,8-11H2,1-2H3,(H,18,19). The molecule has 0 aliphatic carbocycles. The van der Waals surface area contributed by atoms with Crippen LogP contribution in [0.15, 0.2) is 24.3 Å². The normalized spacial score (nSPS) is 18.7. The topological polar surface area (TPSA) is 53.0 Å². The van der Waals surface area contributed by atoms with Gasteiger partial charge in [0.1, 0.15) is 11.8 Å². The van der Waals surface area contributed by atoms with Crippen molar-refractivity contribution in [3.63, 3.8) is 0 Å². The molecule has 0 bridgehead atoms. The summed E-state index contributed by atoms with van der Waals surface area (Å²) in [4.78, 5) is 16.1. The number of aliphatic carboxylic acids is 1. The summed E-state index contributed by atoms with van der Waals surface area (Å²) in [5, 5.41) is 9.61. The average molecular weight is 278 g/mol. The maximum Gasteiger partial charge on any atom is 0.325 e. The third-order valence-corrected chi connectivity index (χ3v) is 3.89. The van der Waals surface area contributed by atoms with Crippen molar-refractivity contribution in [1.82, 2.24) is 9.80 Å². The van der Waals surface area contributed by atoms with Crippen molar-refractivity contribution in [2.75, 3.05) is 39.8 Å². The molecular formula is C15H22N2O3. The fourth-order valence-electron chi connectivity index (χ4n) is 2.72. The van der Waals surface area contributed by atoms with Gasteiger partial charge in [-0.15, -0.1) is 0 Å². The van der Waals surface area contributed by atoms with Crippen molar-refractivity contribution in [2.45, 2.75) is 13.0 Å². The first-order valence-electron chi connectivity index (χ1n) is 6.99. The van der Waals surface area contributed by atoms with Crippen molar-refractivity contribution < 1.29 is 14.6 Å². The molecule has 1 aliphatic heterocycles. The van der Waals surface area contributed by atoms with E-state index in [0.717, 1.165) is 38.3 Å². The molecule has 0 spiro atoms. The summed E-state index contributed by atoms with van der Waals surface area (Å²) < 4.78 is 5.31. The van der Waals surface area contributed by atoms with E-state index in [0.29, 0.717) is 5.75 Å². The zero-order valence-corrected chi connectivity index (χ0v) is 12.1. The number of carbonyl (C=O) groups is 1. The molecule has 1 aliphatic rings. The number of rotatable bonds is 5. The lowest BCUT2D eigenvalue weighted by Gasteiger charge is -2.37. The predicted octanol–water partition coefficient (Wildman–Crippen LogP) is 1.46. The van der Waals surface area contributed by atoms with E-state index in [1.807, 2.05) is 29.2 Å². The molecule has 2 rings (SSSR count). The van der Waals surface area contributed by atoms with Crippen LogP contribution in [-0.2, 0) is 4.79 Å². The number of ether oxygens (including phenoxy) is 1. The number of carboxylic acids is 1. The van der Waals surface area contributed by atoms with Gasteiger partial charge >= 0.3 is 5.97 Å². The molecule has 5 heteroatoms. The van der Waals surface area contributed by atoms with Gasteiger partial charge in [-0.25, -0.2) is 0 Å². The molecule has 1 heterocycles. The van der Waals surface area contributed by atoms with Gasteiger partial charge in [-0.3, -0.25) is 9.69 Å². The summed E-state index contributed by atoms with van der Waals surface area (Å²) in [6, 6.07) is 6.73. The second-order valence-electron chi connectivity index (χ2n) is 4.95. The molecule has 0 saturated carbocycles. The molecule has 1 unspecified atom stereocenters. The third kappa shape index (κ3) is 3.11. The fraction of sp³-hybridized carbons (Fsp3) is 0.533. The fourth-order valence-corrected chi connectivity index (χ4v) is 2.72. The zero-order valence-electron chi connectivity index (χ0n) is 12.1. The van der Waals surface area contributed by atoms with Gasteiger partial charge in [0.15, 0.2) is 0 Å². The van der Waals surface area contributed by atoms with Gasteiger partial charge in [0.2, 0.25) is 0 Å². The molecule has 110 valence electrons. The Kier molecular flexibility index (Phi) is 4.98. The summed E-state index contributed by atoms with van der Waals surface area (Å²) >= 11 is 0. The number of benzene rings is 1. The van der Waals surface area contributed by atoms with Crippen LogP contribution in [-0.4, -0.2) is 60.7 Å². The largest absolute Gasteiger partial charge is 0.496 e. The highest BCUT2D eigenvalue weighted by Crippen LogP contribution is 2.30. The van der Waals surface area contributed by atoms with Crippen molar-refractivity contribution in [2.24, 2.45) is 0 Å². The monoisotopic (exact) mass is 278 g/mol. The minimum atomic E-state index is -0.820. The van der Waals surface area contributed by atoms with Crippen LogP contribution in [0.3, 0.4) is 0 Å². The van der Waals surface area contributed by atoms with Gasteiger partial charge in [-0.05, 0) is 12.6 Å².